The van der Waals surface area contributed by atoms with Gasteiger partial charge in [-0.2, -0.15) is 0 Å². The fraction of sp³-hybridized carbons (Fsp3) is 0.290. The number of nitrogens with one attached hydrogen (secondary N) is 1. The van der Waals surface area contributed by atoms with Gasteiger partial charge in [-0.05, 0) is 36.1 Å². The molecule has 3 heterocycles. The molecular weight excluding hydrogens is 462 g/mol. The van der Waals surface area contributed by atoms with Crippen LogP contribution in [-0.2, 0) is 15.1 Å². The van der Waals surface area contributed by atoms with Crippen LogP contribution < -0.4 is 4.74 Å². The molecule has 1 N–H and O–H groups in total. The lowest BCUT2D eigenvalue weighted by Crippen LogP contribution is -2.67. The summed E-state index contributed by atoms with van der Waals surface area (Å²) < 4.78 is 5.73. The molecule has 6 rings (SSSR count). The van der Waals surface area contributed by atoms with Crippen molar-refractivity contribution >= 4 is 22.7 Å². The Hall–Kier alpha value is -4.06. The second kappa shape index (κ2) is 8.80. The summed E-state index contributed by atoms with van der Waals surface area (Å²) in [4.78, 5) is 35.1. The summed E-state index contributed by atoms with van der Waals surface area (Å²) in [5.41, 5.74) is 3.88. The second-order valence-electron chi connectivity index (χ2n) is 10.3. The molecule has 4 aromatic rings. The molecule has 3 aromatic carbocycles. The minimum atomic E-state index is -1.11. The Morgan fingerprint density at radius 1 is 1.00 bits per heavy atom. The first-order valence-corrected chi connectivity index (χ1v) is 12.8. The standard InChI is InChI=1S/C31H31N3O3/c1-20(21-11-5-4-6-12-21)17-33-19-27(35)34-18-24(22-13-8-10-16-26(22)37-3)28-23-14-7-9-15-25(23)32-29(28)31(34,2)30(33)36/h4-16,20,24,32H,17-19H2,1-3H3/t20?,24?,31-/m0/s1. The number of para-hydroxylation sites is 2. The van der Waals surface area contributed by atoms with Gasteiger partial charge >= 0.3 is 0 Å². The first-order chi connectivity index (χ1) is 17.9. The minimum Gasteiger partial charge on any atom is -0.496 e. The van der Waals surface area contributed by atoms with Crippen LogP contribution in [0.3, 0.4) is 0 Å². The van der Waals surface area contributed by atoms with Gasteiger partial charge in [0.25, 0.3) is 5.91 Å². The van der Waals surface area contributed by atoms with Crippen molar-refractivity contribution < 1.29 is 14.3 Å². The summed E-state index contributed by atoms with van der Waals surface area (Å²) in [5, 5.41) is 1.07. The van der Waals surface area contributed by atoms with E-state index >= 15 is 0 Å². The van der Waals surface area contributed by atoms with E-state index in [0.717, 1.165) is 39.0 Å². The summed E-state index contributed by atoms with van der Waals surface area (Å²) in [6.07, 6.45) is 0. The smallest absolute Gasteiger partial charge is 0.254 e. The number of rotatable bonds is 5. The zero-order valence-electron chi connectivity index (χ0n) is 21.4. The number of aromatic amines is 1. The van der Waals surface area contributed by atoms with Crippen LogP contribution in [0.5, 0.6) is 5.75 Å². The first kappa shape index (κ1) is 23.3. The van der Waals surface area contributed by atoms with Crippen LogP contribution in [0.25, 0.3) is 10.9 Å². The lowest BCUT2D eigenvalue weighted by molar-refractivity contribution is -0.166. The van der Waals surface area contributed by atoms with Crippen LogP contribution in [0, 0.1) is 0 Å². The van der Waals surface area contributed by atoms with Crippen LogP contribution in [0.15, 0.2) is 78.9 Å². The quantitative estimate of drug-likeness (QED) is 0.425. The van der Waals surface area contributed by atoms with Crippen molar-refractivity contribution in [3.63, 3.8) is 0 Å². The number of ether oxygens (including phenoxy) is 1. The molecule has 2 aliphatic heterocycles. The first-order valence-electron chi connectivity index (χ1n) is 12.8. The highest BCUT2D eigenvalue weighted by atomic mass is 16.5. The Morgan fingerprint density at radius 2 is 1.70 bits per heavy atom. The number of piperazine rings is 1. The number of hydrogen-bond acceptors (Lipinski definition) is 3. The largest absolute Gasteiger partial charge is 0.496 e. The van der Waals surface area contributed by atoms with Gasteiger partial charge in [-0.1, -0.05) is 73.7 Å². The van der Waals surface area contributed by atoms with Gasteiger partial charge in [-0.25, -0.2) is 0 Å². The molecule has 0 bridgehead atoms. The van der Waals surface area contributed by atoms with E-state index in [4.69, 9.17) is 4.74 Å². The van der Waals surface area contributed by atoms with Crippen molar-refractivity contribution in [3.05, 3.63) is 101 Å². The van der Waals surface area contributed by atoms with Crippen molar-refractivity contribution in [1.82, 2.24) is 14.8 Å². The number of nitrogens with zero attached hydrogens (tertiary/aromatic N) is 2. The molecule has 0 radical (unpaired) electrons. The van der Waals surface area contributed by atoms with Crippen LogP contribution >= 0.6 is 0 Å². The maximum atomic E-state index is 14.3. The van der Waals surface area contributed by atoms with E-state index in [0.29, 0.717) is 13.1 Å². The zero-order valence-corrected chi connectivity index (χ0v) is 21.4. The number of amides is 2. The SMILES string of the molecule is COc1ccccc1C1CN2C(=O)CN(CC(C)c3ccccc3)C(=O)[C@]2(C)c2[nH]c3ccccc3c21. The van der Waals surface area contributed by atoms with Crippen LogP contribution in [-0.4, -0.2) is 53.3 Å². The van der Waals surface area contributed by atoms with Gasteiger partial charge in [0.2, 0.25) is 5.91 Å². The molecule has 3 atom stereocenters. The molecule has 0 spiro atoms. The fourth-order valence-corrected chi connectivity index (χ4v) is 6.28. The van der Waals surface area contributed by atoms with E-state index in [-0.39, 0.29) is 30.2 Å². The van der Waals surface area contributed by atoms with E-state index in [1.54, 1.807) is 16.9 Å². The maximum absolute atomic E-state index is 14.3. The Bertz CT molecular complexity index is 1490. The molecule has 2 aliphatic rings. The molecule has 1 fully saturated rings. The Morgan fingerprint density at radius 3 is 2.49 bits per heavy atom. The number of hydrogen-bond donors (Lipinski definition) is 1. The van der Waals surface area contributed by atoms with E-state index < -0.39 is 5.54 Å². The third-order valence-corrected chi connectivity index (χ3v) is 8.19. The van der Waals surface area contributed by atoms with Gasteiger partial charge in [0.05, 0.1) is 19.3 Å². The highest BCUT2D eigenvalue weighted by molar-refractivity contribution is 6.01. The predicted molar refractivity (Wildman–Crippen MR) is 144 cm³/mol. The number of carbonyl (C=O) groups is 2. The molecule has 0 saturated carbocycles. The molecule has 2 unspecified atom stereocenters. The molecular formula is C31H31N3O3. The average molecular weight is 494 g/mol. The Balaban J connectivity index is 1.48. The maximum Gasteiger partial charge on any atom is 0.254 e. The normalized spacial score (nSPS) is 22.1. The Labute approximate surface area is 216 Å². The minimum absolute atomic E-state index is 0.0356. The number of aromatic nitrogens is 1. The van der Waals surface area contributed by atoms with E-state index in [2.05, 4.69) is 36.2 Å². The van der Waals surface area contributed by atoms with Gasteiger partial charge in [-0.15, -0.1) is 0 Å². The lowest BCUT2D eigenvalue weighted by Gasteiger charge is -2.51. The second-order valence-corrected chi connectivity index (χ2v) is 10.3. The van der Waals surface area contributed by atoms with Crippen LogP contribution in [0.1, 0.15) is 48.1 Å². The zero-order chi connectivity index (χ0) is 25.7. The van der Waals surface area contributed by atoms with Gasteiger partial charge in [0, 0.05) is 35.5 Å². The van der Waals surface area contributed by atoms with Crippen molar-refractivity contribution in [2.24, 2.45) is 0 Å². The summed E-state index contributed by atoms with van der Waals surface area (Å²) in [6.45, 7) is 5.00. The van der Waals surface area contributed by atoms with Gasteiger partial charge in [0.1, 0.15) is 5.75 Å². The van der Waals surface area contributed by atoms with Crippen LogP contribution in [0.2, 0.25) is 0 Å². The molecule has 1 saturated heterocycles. The number of carbonyl (C=O) groups excluding carboxylic acids is 2. The monoisotopic (exact) mass is 493 g/mol. The summed E-state index contributed by atoms with van der Waals surface area (Å²) in [5.74, 6) is 0.691. The lowest BCUT2D eigenvalue weighted by atomic mass is 9.76. The molecule has 6 nitrogen and oxygen atoms in total. The van der Waals surface area contributed by atoms with Gasteiger partial charge < -0.3 is 19.5 Å². The average Bonchev–Trinajstić information content (AvgIpc) is 3.33. The predicted octanol–water partition coefficient (Wildman–Crippen LogP) is 5.01. The molecule has 6 heteroatoms. The number of methoxy groups -OCH3 is 1. The molecule has 37 heavy (non-hydrogen) atoms. The molecule has 0 aliphatic carbocycles. The highest BCUT2D eigenvalue weighted by Crippen LogP contribution is 2.49. The molecule has 2 amide bonds. The number of H-pyrrole nitrogens is 1. The topological polar surface area (TPSA) is 65.6 Å². The summed E-state index contributed by atoms with van der Waals surface area (Å²) >= 11 is 0. The summed E-state index contributed by atoms with van der Waals surface area (Å²) in [7, 11) is 1.67. The van der Waals surface area contributed by atoms with Crippen molar-refractivity contribution in [2.75, 3.05) is 26.7 Å². The van der Waals surface area contributed by atoms with Crippen molar-refractivity contribution in [1.29, 1.82) is 0 Å². The van der Waals surface area contributed by atoms with Crippen molar-refractivity contribution in [3.8, 4) is 5.75 Å². The van der Waals surface area contributed by atoms with E-state index in [9.17, 15) is 9.59 Å². The Kier molecular flexibility index (Phi) is 5.55. The van der Waals surface area contributed by atoms with Gasteiger partial charge in [0.15, 0.2) is 5.54 Å². The third kappa shape index (κ3) is 3.54. The van der Waals surface area contributed by atoms with E-state index in [1.165, 1.54) is 0 Å². The van der Waals surface area contributed by atoms with Gasteiger partial charge in [-0.3, -0.25) is 9.59 Å². The third-order valence-electron chi connectivity index (χ3n) is 8.19. The molecule has 1 aromatic heterocycles. The van der Waals surface area contributed by atoms with E-state index in [1.807, 2.05) is 61.5 Å². The number of fused-ring (bicyclic) bond motifs is 5. The summed E-state index contributed by atoms with van der Waals surface area (Å²) in [6, 6.07) is 26.2. The van der Waals surface area contributed by atoms with Crippen LogP contribution in [0.4, 0.5) is 0 Å². The number of benzene rings is 3. The highest BCUT2D eigenvalue weighted by Gasteiger charge is 2.56. The fourth-order valence-electron chi connectivity index (χ4n) is 6.28. The van der Waals surface area contributed by atoms with Crippen molar-refractivity contribution in [2.45, 2.75) is 31.2 Å². The molecule has 188 valence electrons.